The van der Waals surface area contributed by atoms with E-state index in [2.05, 4.69) is 0 Å². The molecular formula is C21H23NO3. The van der Waals surface area contributed by atoms with E-state index < -0.39 is 11.5 Å². The Hall–Kier alpha value is -2.43. The molecule has 0 radical (unpaired) electrons. The van der Waals surface area contributed by atoms with Crippen molar-refractivity contribution in [2.75, 3.05) is 11.5 Å². The summed E-state index contributed by atoms with van der Waals surface area (Å²) in [4.78, 5) is 14.8. The maximum Gasteiger partial charge on any atom is 0.264 e. The summed E-state index contributed by atoms with van der Waals surface area (Å²) in [6, 6.07) is 17.2. The number of aliphatic hydroxyl groups is 2. The molecule has 2 N–H and O–H groups in total. The fraction of sp³-hybridized carbons (Fsp3) is 0.286. The summed E-state index contributed by atoms with van der Waals surface area (Å²) in [5.74, 6) is -0.702. The third kappa shape index (κ3) is 3.11. The van der Waals surface area contributed by atoms with Crippen LogP contribution in [-0.2, 0) is 16.9 Å². The lowest BCUT2D eigenvalue weighted by Gasteiger charge is -2.27. The van der Waals surface area contributed by atoms with Gasteiger partial charge in [-0.15, -0.1) is 0 Å². The highest BCUT2D eigenvalue weighted by atomic mass is 16.3. The number of aliphatic hydroxyl groups excluding tert-OH is 1. The molecule has 0 aromatic heterocycles. The van der Waals surface area contributed by atoms with Crippen LogP contribution in [0.15, 0.2) is 66.7 Å². The zero-order valence-electron chi connectivity index (χ0n) is 14.3. The number of anilines is 1. The molecule has 4 nitrogen and oxygen atoms in total. The second kappa shape index (κ2) is 7.21. The van der Waals surface area contributed by atoms with Gasteiger partial charge in [0.25, 0.3) is 5.91 Å². The molecule has 2 aromatic carbocycles. The number of benzene rings is 2. The normalized spacial score (nSPS) is 20.9. The summed E-state index contributed by atoms with van der Waals surface area (Å²) in [7, 11) is 0. The molecule has 0 saturated heterocycles. The van der Waals surface area contributed by atoms with Crippen LogP contribution in [0, 0.1) is 5.92 Å². The molecule has 1 amide bonds. The fourth-order valence-corrected chi connectivity index (χ4v) is 3.34. The van der Waals surface area contributed by atoms with Gasteiger partial charge in [-0.1, -0.05) is 67.6 Å². The Morgan fingerprint density at radius 2 is 1.80 bits per heavy atom. The molecule has 0 bridgehead atoms. The van der Waals surface area contributed by atoms with Crippen LogP contribution in [0.4, 0.5) is 5.69 Å². The van der Waals surface area contributed by atoms with Gasteiger partial charge < -0.3 is 15.1 Å². The van der Waals surface area contributed by atoms with Crippen LogP contribution in [0.5, 0.6) is 0 Å². The van der Waals surface area contributed by atoms with Crippen molar-refractivity contribution in [1.82, 2.24) is 0 Å². The van der Waals surface area contributed by atoms with Gasteiger partial charge in [-0.3, -0.25) is 4.79 Å². The summed E-state index contributed by atoms with van der Waals surface area (Å²) in [6.07, 6.45) is 4.11. The monoisotopic (exact) mass is 337 g/mol. The maximum absolute atomic E-state index is 13.2. The van der Waals surface area contributed by atoms with Gasteiger partial charge in [0.2, 0.25) is 0 Å². The van der Waals surface area contributed by atoms with Gasteiger partial charge in [-0.2, -0.15) is 0 Å². The Morgan fingerprint density at radius 1 is 1.12 bits per heavy atom. The third-order valence-corrected chi connectivity index (χ3v) is 4.74. The first kappa shape index (κ1) is 17.4. The first-order valence-electron chi connectivity index (χ1n) is 8.54. The van der Waals surface area contributed by atoms with Crippen LogP contribution in [0.1, 0.15) is 24.5 Å². The zero-order valence-corrected chi connectivity index (χ0v) is 14.3. The number of fused-ring (bicyclic) bond motifs is 1. The number of hydrogen-bond donors (Lipinski definition) is 2. The van der Waals surface area contributed by atoms with Gasteiger partial charge in [0.1, 0.15) is 0 Å². The fourth-order valence-electron chi connectivity index (χ4n) is 3.34. The summed E-state index contributed by atoms with van der Waals surface area (Å²) in [5.41, 5.74) is 0.814. The van der Waals surface area contributed by atoms with Crippen LogP contribution in [-0.4, -0.2) is 22.7 Å². The number of para-hydroxylation sites is 1. The lowest BCUT2D eigenvalue weighted by atomic mass is 9.83. The van der Waals surface area contributed by atoms with Crippen LogP contribution in [0.2, 0.25) is 0 Å². The summed E-state index contributed by atoms with van der Waals surface area (Å²) < 4.78 is 0. The second-order valence-corrected chi connectivity index (χ2v) is 6.39. The van der Waals surface area contributed by atoms with Crippen molar-refractivity contribution < 1.29 is 15.0 Å². The standard InChI is InChI=1S/C21H23NO3/c1-16(9-7-8-14-23)21(25)18-12-5-6-13-19(18)22(20(21)24)15-17-10-3-2-4-11-17/h2-7,9-13,16,23,25H,8,14-15H2,1H3/b9-7+/t16-,21+/m0/s1. The third-order valence-electron chi connectivity index (χ3n) is 4.74. The average molecular weight is 337 g/mol. The van der Waals surface area contributed by atoms with Gasteiger partial charge in [0.05, 0.1) is 12.2 Å². The van der Waals surface area contributed by atoms with Crippen molar-refractivity contribution >= 4 is 11.6 Å². The first-order chi connectivity index (χ1) is 12.1. The molecule has 0 spiro atoms. The number of rotatable bonds is 6. The highest BCUT2D eigenvalue weighted by Gasteiger charge is 2.52. The van der Waals surface area contributed by atoms with E-state index in [1.54, 1.807) is 17.1 Å². The molecule has 0 unspecified atom stereocenters. The van der Waals surface area contributed by atoms with E-state index in [0.717, 1.165) is 11.3 Å². The number of hydrogen-bond acceptors (Lipinski definition) is 3. The average Bonchev–Trinajstić information content (AvgIpc) is 2.86. The molecule has 1 aliphatic rings. The Morgan fingerprint density at radius 3 is 2.52 bits per heavy atom. The Balaban J connectivity index is 1.97. The molecule has 0 aliphatic carbocycles. The summed E-state index contributed by atoms with van der Waals surface area (Å²) in [6.45, 7) is 2.30. The molecule has 0 fully saturated rings. The molecule has 2 atom stereocenters. The number of carbonyl (C=O) groups is 1. The minimum atomic E-state index is -1.59. The number of carbonyl (C=O) groups excluding carboxylic acids is 1. The van der Waals surface area contributed by atoms with E-state index in [1.807, 2.05) is 61.5 Å². The Bertz CT molecular complexity index is 772. The van der Waals surface area contributed by atoms with Crippen LogP contribution in [0.3, 0.4) is 0 Å². The van der Waals surface area contributed by atoms with E-state index >= 15 is 0 Å². The second-order valence-electron chi connectivity index (χ2n) is 6.39. The maximum atomic E-state index is 13.2. The number of amides is 1. The van der Waals surface area contributed by atoms with E-state index in [1.165, 1.54) is 0 Å². The van der Waals surface area contributed by atoms with Gasteiger partial charge >= 0.3 is 0 Å². The number of nitrogens with zero attached hydrogens (tertiary/aromatic N) is 1. The lowest BCUT2D eigenvalue weighted by molar-refractivity contribution is -0.139. The minimum Gasteiger partial charge on any atom is -0.396 e. The van der Waals surface area contributed by atoms with E-state index in [0.29, 0.717) is 18.5 Å². The van der Waals surface area contributed by atoms with E-state index in [4.69, 9.17) is 5.11 Å². The van der Waals surface area contributed by atoms with Crippen molar-refractivity contribution in [3.63, 3.8) is 0 Å². The molecule has 3 rings (SSSR count). The molecule has 2 aromatic rings. The van der Waals surface area contributed by atoms with Gasteiger partial charge in [-0.05, 0) is 18.1 Å². The topological polar surface area (TPSA) is 60.8 Å². The highest BCUT2D eigenvalue weighted by molar-refractivity contribution is 6.07. The van der Waals surface area contributed by atoms with Crippen molar-refractivity contribution in [2.24, 2.45) is 5.92 Å². The van der Waals surface area contributed by atoms with Crippen molar-refractivity contribution in [2.45, 2.75) is 25.5 Å². The smallest absolute Gasteiger partial charge is 0.264 e. The van der Waals surface area contributed by atoms with E-state index in [9.17, 15) is 9.90 Å². The lowest BCUT2D eigenvalue weighted by Crippen LogP contribution is -2.44. The van der Waals surface area contributed by atoms with Crippen molar-refractivity contribution in [1.29, 1.82) is 0 Å². The minimum absolute atomic E-state index is 0.0479. The van der Waals surface area contributed by atoms with Gasteiger partial charge in [0.15, 0.2) is 5.60 Å². The summed E-state index contributed by atoms with van der Waals surface area (Å²) >= 11 is 0. The van der Waals surface area contributed by atoms with Crippen LogP contribution in [0.25, 0.3) is 0 Å². The molecule has 4 heteroatoms. The Kier molecular flexibility index (Phi) is 5.02. The quantitative estimate of drug-likeness (QED) is 0.797. The highest BCUT2D eigenvalue weighted by Crippen LogP contribution is 2.45. The van der Waals surface area contributed by atoms with Crippen LogP contribution >= 0.6 is 0 Å². The molecule has 1 heterocycles. The van der Waals surface area contributed by atoms with Gasteiger partial charge in [0, 0.05) is 18.1 Å². The van der Waals surface area contributed by atoms with E-state index in [-0.39, 0.29) is 12.5 Å². The predicted molar refractivity (Wildman–Crippen MR) is 98.0 cm³/mol. The van der Waals surface area contributed by atoms with Crippen molar-refractivity contribution in [3.8, 4) is 0 Å². The molecular weight excluding hydrogens is 314 g/mol. The van der Waals surface area contributed by atoms with Crippen molar-refractivity contribution in [3.05, 3.63) is 77.9 Å². The first-order valence-corrected chi connectivity index (χ1v) is 8.54. The molecule has 1 aliphatic heterocycles. The SMILES string of the molecule is C[C@@H](/C=C/CCO)[C@]1(O)C(=O)N(Cc2ccccc2)c2ccccc21. The largest absolute Gasteiger partial charge is 0.396 e. The van der Waals surface area contributed by atoms with Gasteiger partial charge in [-0.25, -0.2) is 0 Å². The molecule has 130 valence electrons. The zero-order chi connectivity index (χ0) is 17.9. The molecule has 0 saturated carbocycles. The summed E-state index contributed by atoms with van der Waals surface area (Å²) in [5, 5.41) is 20.3. The molecule has 25 heavy (non-hydrogen) atoms. The Labute approximate surface area is 148 Å². The predicted octanol–water partition coefficient (Wildman–Crippen LogP) is 3.00. The van der Waals surface area contributed by atoms with Crippen LogP contribution < -0.4 is 4.90 Å².